The lowest BCUT2D eigenvalue weighted by Crippen LogP contribution is -1.90. The monoisotopic (exact) mass is 592 g/mol. The zero-order valence-electron chi connectivity index (χ0n) is 23.7. The first-order valence-corrected chi connectivity index (χ1v) is 16.6. The summed E-state index contributed by atoms with van der Waals surface area (Å²) in [6.07, 6.45) is 0. The Kier molecular flexibility index (Phi) is 5.13. The van der Waals surface area contributed by atoms with Gasteiger partial charge < -0.3 is 0 Å². The van der Waals surface area contributed by atoms with Gasteiger partial charge in [0.25, 0.3) is 0 Å². The highest BCUT2D eigenvalue weighted by Crippen LogP contribution is 2.48. The molecular formula is C42H24S2. The van der Waals surface area contributed by atoms with Crippen molar-refractivity contribution in [3.63, 3.8) is 0 Å². The van der Waals surface area contributed by atoms with Gasteiger partial charge in [-0.05, 0) is 78.8 Å². The Hall–Kier alpha value is -5.02. The molecule has 10 rings (SSSR count). The van der Waals surface area contributed by atoms with Crippen molar-refractivity contribution in [1.82, 2.24) is 0 Å². The van der Waals surface area contributed by atoms with E-state index in [9.17, 15) is 0 Å². The molecule has 0 radical (unpaired) electrons. The molecule has 0 amide bonds. The van der Waals surface area contributed by atoms with Gasteiger partial charge >= 0.3 is 0 Å². The highest BCUT2D eigenvalue weighted by molar-refractivity contribution is 7.29. The minimum absolute atomic E-state index is 1.26. The summed E-state index contributed by atoms with van der Waals surface area (Å²) in [5, 5.41) is 13.2. The summed E-state index contributed by atoms with van der Waals surface area (Å²) in [5.74, 6) is 0. The fraction of sp³-hybridized carbons (Fsp3) is 0. The summed E-state index contributed by atoms with van der Waals surface area (Å²) < 4.78 is 5.46. The molecule has 0 aliphatic heterocycles. The average molecular weight is 593 g/mol. The van der Waals surface area contributed by atoms with Crippen LogP contribution in [0.3, 0.4) is 0 Å². The Morgan fingerprint density at radius 2 is 0.886 bits per heavy atom. The lowest BCUT2D eigenvalue weighted by molar-refractivity contribution is 1.69. The SMILES string of the molecule is c1ccc2cc(-c3c4ccccc4c(-c4ccc5c(c4)sc4c5ccc5sc6ccccc6c54)c4ccccc34)ccc2c1. The van der Waals surface area contributed by atoms with Crippen LogP contribution in [0.1, 0.15) is 0 Å². The van der Waals surface area contributed by atoms with Crippen LogP contribution in [-0.4, -0.2) is 0 Å². The Bertz CT molecular complexity index is 2720. The van der Waals surface area contributed by atoms with E-state index in [0.717, 1.165) is 0 Å². The number of rotatable bonds is 2. The second-order valence-corrected chi connectivity index (χ2v) is 13.8. The van der Waals surface area contributed by atoms with Crippen LogP contribution in [0.2, 0.25) is 0 Å². The van der Waals surface area contributed by atoms with Crippen molar-refractivity contribution in [2.75, 3.05) is 0 Å². The first kappa shape index (κ1) is 24.4. The minimum Gasteiger partial charge on any atom is -0.135 e. The van der Waals surface area contributed by atoms with E-state index in [4.69, 9.17) is 0 Å². The highest BCUT2D eigenvalue weighted by atomic mass is 32.1. The third-order valence-electron chi connectivity index (χ3n) is 9.24. The van der Waals surface area contributed by atoms with Crippen LogP contribution < -0.4 is 0 Å². The number of thiophene rings is 2. The smallest absolute Gasteiger partial charge is 0.0448 e. The number of hydrogen-bond acceptors (Lipinski definition) is 2. The second kappa shape index (κ2) is 9.24. The van der Waals surface area contributed by atoms with Gasteiger partial charge in [0.15, 0.2) is 0 Å². The first-order chi connectivity index (χ1) is 21.8. The fourth-order valence-electron chi connectivity index (χ4n) is 7.29. The molecule has 0 unspecified atom stereocenters. The van der Waals surface area contributed by atoms with Gasteiger partial charge in [-0.3, -0.25) is 0 Å². The predicted octanol–water partition coefficient (Wildman–Crippen LogP) is 13.2. The summed E-state index contributed by atoms with van der Waals surface area (Å²) in [6, 6.07) is 54.1. The molecule has 0 aliphatic rings. The highest BCUT2D eigenvalue weighted by Gasteiger charge is 2.18. The summed E-state index contributed by atoms with van der Waals surface area (Å²) in [5.41, 5.74) is 5.15. The normalized spacial score (nSPS) is 12.1. The van der Waals surface area contributed by atoms with Crippen molar-refractivity contribution < 1.29 is 0 Å². The van der Waals surface area contributed by atoms with E-state index in [1.807, 2.05) is 22.7 Å². The zero-order valence-corrected chi connectivity index (χ0v) is 25.3. The van der Waals surface area contributed by atoms with Gasteiger partial charge in [-0.1, -0.05) is 121 Å². The quantitative estimate of drug-likeness (QED) is 0.175. The molecule has 0 fully saturated rings. The number of fused-ring (bicyclic) bond motifs is 10. The average Bonchev–Trinajstić information content (AvgIpc) is 3.64. The maximum absolute atomic E-state index is 2.43. The van der Waals surface area contributed by atoms with Gasteiger partial charge in [0, 0.05) is 40.3 Å². The van der Waals surface area contributed by atoms with Crippen molar-refractivity contribution in [2.24, 2.45) is 0 Å². The maximum Gasteiger partial charge on any atom is 0.0448 e. The van der Waals surface area contributed by atoms with Crippen LogP contribution in [-0.2, 0) is 0 Å². The molecule has 2 heterocycles. The van der Waals surface area contributed by atoms with E-state index in [1.165, 1.54) is 94.9 Å². The van der Waals surface area contributed by atoms with Gasteiger partial charge in [-0.2, -0.15) is 0 Å². The van der Waals surface area contributed by atoms with Gasteiger partial charge in [-0.25, -0.2) is 0 Å². The molecule has 0 bridgehead atoms. The predicted molar refractivity (Wildman–Crippen MR) is 196 cm³/mol. The molecule has 0 saturated carbocycles. The molecule has 2 heteroatoms. The molecule has 8 aromatic carbocycles. The molecule has 10 aromatic rings. The number of benzene rings is 8. The molecular weight excluding hydrogens is 569 g/mol. The van der Waals surface area contributed by atoms with E-state index in [2.05, 4.69) is 146 Å². The molecule has 44 heavy (non-hydrogen) atoms. The van der Waals surface area contributed by atoms with E-state index in [0.29, 0.717) is 0 Å². The van der Waals surface area contributed by atoms with Crippen molar-refractivity contribution in [1.29, 1.82) is 0 Å². The van der Waals surface area contributed by atoms with Crippen LogP contribution in [0.25, 0.3) is 94.9 Å². The molecule has 2 aromatic heterocycles. The topological polar surface area (TPSA) is 0 Å². The number of hydrogen-bond donors (Lipinski definition) is 0. The molecule has 0 saturated heterocycles. The van der Waals surface area contributed by atoms with E-state index >= 15 is 0 Å². The second-order valence-electron chi connectivity index (χ2n) is 11.6. The van der Waals surface area contributed by atoms with Crippen LogP contribution >= 0.6 is 22.7 Å². The Balaban J connectivity index is 1.27. The largest absolute Gasteiger partial charge is 0.135 e. The lowest BCUT2D eigenvalue weighted by Gasteiger charge is -2.18. The Morgan fingerprint density at radius 3 is 1.61 bits per heavy atom. The van der Waals surface area contributed by atoms with Crippen molar-refractivity contribution in [3.05, 3.63) is 146 Å². The third-order valence-corrected chi connectivity index (χ3v) is 11.6. The van der Waals surface area contributed by atoms with Crippen molar-refractivity contribution in [3.8, 4) is 22.3 Å². The first-order valence-electron chi connectivity index (χ1n) is 15.0. The summed E-state index contributed by atoms with van der Waals surface area (Å²) in [6.45, 7) is 0. The molecule has 0 aliphatic carbocycles. The molecule has 0 N–H and O–H groups in total. The summed E-state index contributed by atoms with van der Waals surface area (Å²) in [7, 11) is 0. The molecule has 0 nitrogen and oxygen atoms in total. The maximum atomic E-state index is 2.43. The van der Waals surface area contributed by atoms with E-state index in [1.54, 1.807) is 0 Å². The molecule has 0 spiro atoms. The Labute approximate surface area is 262 Å². The van der Waals surface area contributed by atoms with Gasteiger partial charge in [0.1, 0.15) is 0 Å². The van der Waals surface area contributed by atoms with Crippen LogP contribution in [0, 0.1) is 0 Å². The Morgan fingerprint density at radius 1 is 0.318 bits per heavy atom. The summed E-state index contributed by atoms with van der Waals surface area (Å²) >= 11 is 3.83. The molecule has 0 atom stereocenters. The van der Waals surface area contributed by atoms with Crippen LogP contribution in [0.4, 0.5) is 0 Å². The molecule has 204 valence electrons. The zero-order chi connectivity index (χ0) is 28.8. The minimum atomic E-state index is 1.26. The van der Waals surface area contributed by atoms with Gasteiger partial charge in [0.05, 0.1) is 0 Å². The van der Waals surface area contributed by atoms with Gasteiger partial charge in [-0.15, -0.1) is 22.7 Å². The van der Waals surface area contributed by atoms with E-state index < -0.39 is 0 Å². The van der Waals surface area contributed by atoms with E-state index in [-0.39, 0.29) is 0 Å². The lowest BCUT2D eigenvalue weighted by atomic mass is 9.85. The standard InChI is InChI=1S/C42H24S2/c1-2-10-26-23-27(18-17-25(26)9-1)39-30-11-3-5-13-32(30)40(33-14-6-4-12-31(33)39)28-19-20-29-34-21-22-37-41(42(34)44-38(29)24-28)35-15-7-8-16-36(35)43-37/h1-24H. The van der Waals surface area contributed by atoms with Crippen molar-refractivity contribution >= 4 is 95.3 Å². The summed E-state index contributed by atoms with van der Waals surface area (Å²) in [4.78, 5) is 0. The van der Waals surface area contributed by atoms with Crippen LogP contribution in [0.15, 0.2) is 146 Å². The third kappa shape index (κ3) is 3.44. The van der Waals surface area contributed by atoms with Crippen molar-refractivity contribution in [2.45, 2.75) is 0 Å². The fourth-order valence-corrected chi connectivity index (χ4v) is 9.78. The van der Waals surface area contributed by atoms with Gasteiger partial charge in [0.2, 0.25) is 0 Å². The van der Waals surface area contributed by atoms with Crippen LogP contribution in [0.5, 0.6) is 0 Å².